The van der Waals surface area contributed by atoms with Crippen molar-refractivity contribution in [1.82, 2.24) is 0 Å². The lowest BCUT2D eigenvalue weighted by molar-refractivity contribution is -0.155. The third-order valence-electron chi connectivity index (χ3n) is 2.40. The van der Waals surface area contributed by atoms with Gasteiger partial charge in [0.25, 0.3) is 0 Å². The van der Waals surface area contributed by atoms with E-state index in [0.29, 0.717) is 19.6 Å². The van der Waals surface area contributed by atoms with Gasteiger partial charge in [-0.2, -0.15) is 0 Å². The van der Waals surface area contributed by atoms with E-state index in [2.05, 4.69) is 0 Å². The molecule has 5 nitrogen and oxygen atoms in total. The first-order chi connectivity index (χ1) is 9.72. The molecule has 1 aromatic rings. The predicted octanol–water partition coefficient (Wildman–Crippen LogP) is 1.74. The Bertz CT molecular complexity index is 402. The fourth-order valence-corrected chi connectivity index (χ4v) is 1.44. The van der Waals surface area contributed by atoms with Gasteiger partial charge in [-0.05, 0) is 12.0 Å². The second-order valence-corrected chi connectivity index (χ2v) is 4.17. The van der Waals surface area contributed by atoms with Crippen molar-refractivity contribution in [3.8, 4) is 0 Å². The molecular formula is C15H20O5. The highest BCUT2D eigenvalue weighted by Crippen LogP contribution is 1.99. The normalized spacial score (nSPS) is 10.1. The predicted molar refractivity (Wildman–Crippen MR) is 73.2 cm³/mol. The first-order valence-electron chi connectivity index (χ1n) is 6.65. The third-order valence-corrected chi connectivity index (χ3v) is 2.40. The molecule has 1 rings (SSSR count). The summed E-state index contributed by atoms with van der Waals surface area (Å²) in [5.74, 6) is -0.951. The summed E-state index contributed by atoms with van der Waals surface area (Å²) >= 11 is 0. The smallest absolute Gasteiger partial charge is 0.332 e. The molecule has 1 aromatic carbocycles. The van der Waals surface area contributed by atoms with Crippen molar-refractivity contribution in [3.63, 3.8) is 0 Å². The molecule has 0 atom stereocenters. The van der Waals surface area contributed by atoms with Crippen molar-refractivity contribution < 1.29 is 23.8 Å². The number of hydrogen-bond donors (Lipinski definition) is 0. The van der Waals surface area contributed by atoms with E-state index in [1.165, 1.54) is 0 Å². The molecule has 110 valence electrons. The van der Waals surface area contributed by atoms with E-state index >= 15 is 0 Å². The minimum absolute atomic E-state index is 0.228. The minimum atomic E-state index is -0.482. The molecule has 0 unspecified atom stereocenters. The fourth-order valence-electron chi connectivity index (χ4n) is 1.44. The Kier molecular flexibility index (Phi) is 8.07. The zero-order valence-corrected chi connectivity index (χ0v) is 11.7. The van der Waals surface area contributed by atoms with Crippen LogP contribution < -0.4 is 0 Å². The zero-order valence-electron chi connectivity index (χ0n) is 11.7. The zero-order chi connectivity index (χ0) is 14.6. The molecule has 0 aliphatic heterocycles. The molecule has 0 saturated carbocycles. The Morgan fingerprint density at radius 2 is 1.55 bits per heavy atom. The largest absolute Gasteiger partial charge is 0.464 e. The molecule has 0 fully saturated rings. The molecule has 0 spiro atoms. The van der Waals surface area contributed by atoms with Gasteiger partial charge in [0.2, 0.25) is 0 Å². The van der Waals surface area contributed by atoms with Crippen molar-refractivity contribution in [3.05, 3.63) is 35.9 Å². The van der Waals surface area contributed by atoms with E-state index in [1.54, 1.807) is 0 Å². The number of carbonyl (C=O) groups excluding carboxylic acids is 2. The summed E-state index contributed by atoms with van der Waals surface area (Å²) in [5, 5.41) is 0. The van der Waals surface area contributed by atoms with Gasteiger partial charge in [-0.3, -0.25) is 0 Å². The van der Waals surface area contributed by atoms with Crippen LogP contribution in [0.15, 0.2) is 30.3 Å². The highest BCUT2D eigenvalue weighted by atomic mass is 16.6. The van der Waals surface area contributed by atoms with Crippen LogP contribution in [-0.2, 0) is 30.2 Å². The maximum Gasteiger partial charge on any atom is 0.332 e. The van der Waals surface area contributed by atoms with Crippen LogP contribution in [0.2, 0.25) is 0 Å². The van der Waals surface area contributed by atoms with Gasteiger partial charge in [-0.15, -0.1) is 0 Å². The highest BCUT2D eigenvalue weighted by Gasteiger charge is 2.07. The Hall–Kier alpha value is -1.88. The van der Waals surface area contributed by atoms with Crippen molar-refractivity contribution in [2.45, 2.75) is 19.8 Å². The summed E-state index contributed by atoms with van der Waals surface area (Å²) in [7, 11) is 0. The van der Waals surface area contributed by atoms with Gasteiger partial charge in [0.15, 0.2) is 0 Å². The Morgan fingerprint density at radius 1 is 0.950 bits per heavy atom. The van der Waals surface area contributed by atoms with Gasteiger partial charge >= 0.3 is 11.9 Å². The van der Waals surface area contributed by atoms with Gasteiger partial charge in [-0.1, -0.05) is 37.3 Å². The number of rotatable bonds is 9. The van der Waals surface area contributed by atoms with Crippen LogP contribution in [0.25, 0.3) is 0 Å². The number of hydrogen-bond acceptors (Lipinski definition) is 5. The molecule has 0 amide bonds. The summed E-state index contributed by atoms with van der Waals surface area (Å²) in [4.78, 5) is 22.4. The summed E-state index contributed by atoms with van der Waals surface area (Å²) < 4.78 is 14.7. The second-order valence-electron chi connectivity index (χ2n) is 4.17. The molecule has 0 aliphatic carbocycles. The number of carbonyl (C=O) groups is 2. The maximum atomic E-state index is 11.3. The molecule has 5 heteroatoms. The van der Waals surface area contributed by atoms with Gasteiger partial charge in [0, 0.05) is 6.42 Å². The quantitative estimate of drug-likeness (QED) is 0.645. The maximum absolute atomic E-state index is 11.3. The van der Waals surface area contributed by atoms with Crippen molar-refractivity contribution in [1.29, 1.82) is 0 Å². The fraction of sp³-hybridized carbons (Fsp3) is 0.467. The first kappa shape index (κ1) is 16.2. The molecule has 0 saturated heterocycles. The van der Waals surface area contributed by atoms with E-state index in [0.717, 1.165) is 12.0 Å². The van der Waals surface area contributed by atoms with E-state index in [4.69, 9.17) is 14.2 Å². The molecule has 0 radical (unpaired) electrons. The van der Waals surface area contributed by atoms with Crippen molar-refractivity contribution in [2.75, 3.05) is 26.4 Å². The van der Waals surface area contributed by atoms with Gasteiger partial charge in [0.1, 0.15) is 13.2 Å². The number of benzene rings is 1. The van der Waals surface area contributed by atoms with E-state index < -0.39 is 11.9 Å². The van der Waals surface area contributed by atoms with E-state index in [9.17, 15) is 9.59 Å². The lowest BCUT2D eigenvalue weighted by Gasteiger charge is -2.06. The summed E-state index contributed by atoms with van der Waals surface area (Å²) in [5.41, 5.74) is 1.10. The van der Waals surface area contributed by atoms with Crippen molar-refractivity contribution in [2.24, 2.45) is 0 Å². The Labute approximate surface area is 118 Å². The first-order valence-corrected chi connectivity index (χ1v) is 6.65. The molecule has 0 N–H and O–H groups in total. The second kappa shape index (κ2) is 9.97. The van der Waals surface area contributed by atoms with E-state index in [-0.39, 0.29) is 13.2 Å². The van der Waals surface area contributed by atoms with Crippen LogP contribution >= 0.6 is 0 Å². The van der Waals surface area contributed by atoms with Gasteiger partial charge in [-0.25, -0.2) is 9.59 Å². The van der Waals surface area contributed by atoms with Crippen LogP contribution in [0.1, 0.15) is 18.9 Å². The molecule has 0 aromatic heterocycles. The van der Waals surface area contributed by atoms with Crippen molar-refractivity contribution >= 4 is 11.9 Å². The monoisotopic (exact) mass is 280 g/mol. The lowest BCUT2D eigenvalue weighted by atomic mass is 10.2. The molecular weight excluding hydrogens is 260 g/mol. The molecule has 20 heavy (non-hydrogen) atoms. The highest BCUT2D eigenvalue weighted by molar-refractivity contribution is 5.73. The Morgan fingerprint density at radius 3 is 2.15 bits per heavy atom. The Balaban J connectivity index is 2.04. The molecule has 0 bridgehead atoms. The standard InChI is InChI=1S/C15H20O5/c1-2-9-19-14(16)11-18-12-15(17)20-10-8-13-6-4-3-5-7-13/h3-7H,2,8-12H2,1H3. The third kappa shape index (κ3) is 7.53. The number of ether oxygens (including phenoxy) is 3. The molecule has 0 aliphatic rings. The lowest BCUT2D eigenvalue weighted by Crippen LogP contribution is -2.19. The summed E-state index contributed by atoms with van der Waals surface area (Å²) in [6.45, 7) is 2.10. The average molecular weight is 280 g/mol. The van der Waals surface area contributed by atoms with Crippen LogP contribution in [0, 0.1) is 0 Å². The van der Waals surface area contributed by atoms with Gasteiger partial charge in [0.05, 0.1) is 13.2 Å². The van der Waals surface area contributed by atoms with Crippen LogP contribution in [0.5, 0.6) is 0 Å². The van der Waals surface area contributed by atoms with Crippen LogP contribution in [0.3, 0.4) is 0 Å². The minimum Gasteiger partial charge on any atom is -0.464 e. The topological polar surface area (TPSA) is 61.8 Å². The van der Waals surface area contributed by atoms with Gasteiger partial charge < -0.3 is 14.2 Å². The number of esters is 2. The van der Waals surface area contributed by atoms with E-state index in [1.807, 2.05) is 37.3 Å². The van der Waals surface area contributed by atoms with Crippen LogP contribution in [0.4, 0.5) is 0 Å². The SMILES string of the molecule is CCCOC(=O)COCC(=O)OCCc1ccccc1. The van der Waals surface area contributed by atoms with Crippen LogP contribution in [-0.4, -0.2) is 38.4 Å². The summed E-state index contributed by atoms with van der Waals surface area (Å²) in [6.07, 6.45) is 1.42. The average Bonchev–Trinajstić information content (AvgIpc) is 2.46. The summed E-state index contributed by atoms with van der Waals surface area (Å²) in [6, 6.07) is 9.73. The molecule has 0 heterocycles.